The number of H-pyrrole nitrogens is 1. The van der Waals surface area contributed by atoms with Gasteiger partial charge in [0.2, 0.25) is 0 Å². The van der Waals surface area contributed by atoms with Crippen LogP contribution in [0.1, 0.15) is 32.5 Å². The fourth-order valence-electron chi connectivity index (χ4n) is 7.19. The highest BCUT2D eigenvalue weighted by atomic mass is 35.5. The number of halogens is 2. The van der Waals surface area contributed by atoms with Crippen LogP contribution in [-0.4, -0.2) is 78.1 Å². The van der Waals surface area contributed by atoms with Gasteiger partial charge in [-0.05, 0) is 31.2 Å². The second kappa shape index (κ2) is 11.5. The Labute approximate surface area is 288 Å². The Morgan fingerprint density at radius 1 is 0.878 bits per heavy atom. The van der Waals surface area contributed by atoms with Crippen molar-refractivity contribution in [1.82, 2.24) is 14.9 Å². The molecule has 0 spiro atoms. The zero-order valence-electron chi connectivity index (χ0n) is 25.7. The summed E-state index contributed by atoms with van der Waals surface area (Å²) in [4.78, 5) is 30.2. The largest absolute Gasteiger partial charge is 0.394 e. The second-order valence-electron chi connectivity index (χ2n) is 12.1. The van der Waals surface area contributed by atoms with Crippen LogP contribution < -0.4 is 5.32 Å². The monoisotopic (exact) mass is 723 g/mol. The molecule has 1 fully saturated rings. The average Bonchev–Trinajstić information content (AvgIpc) is 3.72. The maximum atomic E-state index is 13.8. The average molecular weight is 725 g/mol. The number of hydrogen-bond donors (Lipinski definition) is 4. The number of aliphatic hydroxyl groups is 2. The molecular formula is C34H27Cl2N3O9S. The number of aromatic amines is 1. The first-order valence-corrected chi connectivity index (χ1v) is 17.3. The standard InChI is InChI=1S/C34H27Cl2N3O9S/c1-14-9-11-15(12-10-14)49(44,45)48-31-29(41)30(46-2)20(13-40)47-34(31)39-27-17(6-4-8-19(27)36)22-24-23(32(42)38-33(24)43)21-16-5-3-7-18(35)25(16)37-26(21)28(22)39/h3-12,20,29-31,34,37,40-41H,13H2,1-2H3,(H,38,42,43)/t20-,29+,30-,31-,34-/m1/s1. The molecule has 2 aromatic heterocycles. The highest BCUT2D eigenvalue weighted by Crippen LogP contribution is 2.48. The Kier molecular flexibility index (Phi) is 7.55. The Hall–Kier alpha value is -4.05. The molecule has 0 unspecified atom stereocenters. The molecule has 0 saturated carbocycles. The van der Waals surface area contributed by atoms with Gasteiger partial charge in [0, 0.05) is 28.7 Å². The van der Waals surface area contributed by atoms with Crippen LogP contribution in [0.4, 0.5) is 0 Å². The number of amides is 2. The molecule has 1 saturated heterocycles. The number of para-hydroxylation sites is 2. The van der Waals surface area contributed by atoms with E-state index < -0.39 is 59.2 Å². The van der Waals surface area contributed by atoms with E-state index in [0.717, 1.165) is 5.56 Å². The lowest BCUT2D eigenvalue weighted by atomic mass is 9.96. The van der Waals surface area contributed by atoms with Crippen LogP contribution in [0.3, 0.4) is 0 Å². The third-order valence-electron chi connectivity index (χ3n) is 9.31. The first kappa shape index (κ1) is 32.2. The molecule has 0 aliphatic carbocycles. The lowest BCUT2D eigenvalue weighted by molar-refractivity contribution is -0.248. The molecule has 4 heterocycles. The van der Waals surface area contributed by atoms with Crippen molar-refractivity contribution in [3.05, 3.63) is 87.4 Å². The molecule has 2 amide bonds. The molecule has 252 valence electrons. The highest BCUT2D eigenvalue weighted by Gasteiger charge is 2.50. The molecule has 4 aromatic carbocycles. The highest BCUT2D eigenvalue weighted by molar-refractivity contribution is 7.86. The maximum Gasteiger partial charge on any atom is 0.297 e. The number of methoxy groups -OCH3 is 1. The zero-order chi connectivity index (χ0) is 34.5. The first-order chi connectivity index (χ1) is 23.5. The van der Waals surface area contributed by atoms with Gasteiger partial charge in [-0.3, -0.25) is 19.1 Å². The van der Waals surface area contributed by atoms with E-state index >= 15 is 0 Å². The molecule has 0 bridgehead atoms. The van der Waals surface area contributed by atoms with Gasteiger partial charge < -0.3 is 29.2 Å². The Morgan fingerprint density at radius 2 is 1.53 bits per heavy atom. The van der Waals surface area contributed by atoms with Gasteiger partial charge in [-0.15, -0.1) is 0 Å². The summed E-state index contributed by atoms with van der Waals surface area (Å²) in [5.74, 6) is -1.25. The van der Waals surface area contributed by atoms with E-state index in [1.54, 1.807) is 60.0 Å². The van der Waals surface area contributed by atoms with Crippen molar-refractivity contribution in [1.29, 1.82) is 0 Å². The second-order valence-corrected chi connectivity index (χ2v) is 14.5. The number of carbonyl (C=O) groups is 2. The first-order valence-electron chi connectivity index (χ1n) is 15.2. The number of nitrogens with zero attached hydrogens (tertiary/aromatic N) is 1. The fraction of sp³-hybridized carbons (Fsp3) is 0.235. The van der Waals surface area contributed by atoms with Gasteiger partial charge in [0.15, 0.2) is 12.3 Å². The van der Waals surface area contributed by atoms with Crippen molar-refractivity contribution >= 4 is 88.7 Å². The van der Waals surface area contributed by atoms with Crippen molar-refractivity contribution in [3.8, 4) is 0 Å². The summed E-state index contributed by atoms with van der Waals surface area (Å²) in [6.45, 7) is 1.19. The number of aliphatic hydroxyl groups excluding tert-OH is 2. The predicted octanol–water partition coefficient (Wildman–Crippen LogP) is 4.97. The third-order valence-corrected chi connectivity index (χ3v) is 11.3. The van der Waals surface area contributed by atoms with Gasteiger partial charge in [0.05, 0.1) is 54.7 Å². The van der Waals surface area contributed by atoms with Crippen molar-refractivity contribution < 1.29 is 41.9 Å². The number of fused-ring (bicyclic) bond motifs is 10. The van der Waals surface area contributed by atoms with Gasteiger partial charge in [0.1, 0.15) is 18.3 Å². The number of benzene rings is 4. The summed E-state index contributed by atoms with van der Waals surface area (Å²) >= 11 is 13.5. The lowest BCUT2D eigenvalue weighted by Crippen LogP contribution is -2.58. The molecule has 4 N–H and O–H groups in total. The maximum absolute atomic E-state index is 13.8. The molecule has 12 nitrogen and oxygen atoms in total. The van der Waals surface area contributed by atoms with E-state index in [9.17, 15) is 28.2 Å². The van der Waals surface area contributed by atoms with Gasteiger partial charge in [-0.25, -0.2) is 0 Å². The van der Waals surface area contributed by atoms with Crippen molar-refractivity contribution in [2.75, 3.05) is 13.7 Å². The van der Waals surface area contributed by atoms with Gasteiger partial charge in [-0.1, -0.05) is 65.2 Å². The van der Waals surface area contributed by atoms with Crippen LogP contribution in [0.25, 0.3) is 43.6 Å². The number of hydrogen-bond acceptors (Lipinski definition) is 9. The lowest BCUT2D eigenvalue weighted by Gasteiger charge is -2.43. The van der Waals surface area contributed by atoms with Crippen molar-refractivity contribution in [3.63, 3.8) is 0 Å². The van der Waals surface area contributed by atoms with E-state index in [4.69, 9.17) is 36.9 Å². The van der Waals surface area contributed by atoms with Crippen LogP contribution >= 0.6 is 23.2 Å². The topological polar surface area (TPSA) is 169 Å². The van der Waals surface area contributed by atoms with Crippen LogP contribution in [0.2, 0.25) is 10.0 Å². The summed E-state index contributed by atoms with van der Waals surface area (Å²) in [7, 11) is -3.25. The number of aryl methyl sites for hydroxylation is 1. The van der Waals surface area contributed by atoms with Crippen molar-refractivity contribution in [2.45, 2.75) is 42.5 Å². The number of rotatable bonds is 6. The Balaban J connectivity index is 1.50. The Morgan fingerprint density at radius 3 is 2.20 bits per heavy atom. The van der Waals surface area contributed by atoms with E-state index in [-0.39, 0.29) is 26.6 Å². The van der Waals surface area contributed by atoms with E-state index in [1.807, 2.05) is 0 Å². The number of aromatic nitrogens is 2. The van der Waals surface area contributed by atoms with Gasteiger partial charge in [-0.2, -0.15) is 8.42 Å². The van der Waals surface area contributed by atoms with E-state index in [2.05, 4.69) is 10.3 Å². The zero-order valence-corrected chi connectivity index (χ0v) is 28.1. The van der Waals surface area contributed by atoms with Crippen LogP contribution in [0, 0.1) is 6.92 Å². The van der Waals surface area contributed by atoms with Gasteiger partial charge in [0.25, 0.3) is 21.9 Å². The summed E-state index contributed by atoms with van der Waals surface area (Å²) in [6, 6.07) is 16.1. The number of nitrogens with one attached hydrogen (secondary N) is 2. The molecule has 5 atom stereocenters. The molecular weight excluding hydrogens is 697 g/mol. The van der Waals surface area contributed by atoms with Gasteiger partial charge >= 0.3 is 0 Å². The number of imide groups is 1. The predicted molar refractivity (Wildman–Crippen MR) is 182 cm³/mol. The molecule has 2 aliphatic heterocycles. The minimum Gasteiger partial charge on any atom is -0.394 e. The molecule has 8 rings (SSSR count). The summed E-state index contributed by atoms with van der Waals surface area (Å²) < 4.78 is 46.9. The molecule has 2 aliphatic rings. The SMILES string of the molecule is CO[C@H]1[C@H](O)[C@@H](OS(=O)(=O)c2ccc(C)cc2)[C@H](n2c3c(Cl)cccc3c3c4c(c5c6cccc(Cl)c6[nH]c5c32)C(=O)NC4=O)O[C@@H]1CO. The fourth-order valence-corrected chi connectivity index (χ4v) is 8.76. The minimum atomic E-state index is -4.54. The Bertz CT molecular complexity index is 2490. The summed E-state index contributed by atoms with van der Waals surface area (Å²) in [5.41, 5.74) is 2.45. The quantitative estimate of drug-likeness (QED) is 0.137. The number of ether oxygens (including phenoxy) is 2. The van der Waals surface area contributed by atoms with Crippen LogP contribution in [-0.2, 0) is 23.8 Å². The summed E-state index contributed by atoms with van der Waals surface area (Å²) in [5, 5.41) is 26.8. The molecule has 15 heteroatoms. The molecule has 49 heavy (non-hydrogen) atoms. The van der Waals surface area contributed by atoms with Crippen LogP contribution in [0.15, 0.2) is 65.6 Å². The number of carbonyl (C=O) groups excluding carboxylic acids is 2. The van der Waals surface area contributed by atoms with Crippen molar-refractivity contribution in [2.24, 2.45) is 0 Å². The normalized spacial score (nSPS) is 22.9. The minimum absolute atomic E-state index is 0.0778. The van der Waals surface area contributed by atoms with E-state index in [1.165, 1.54) is 19.2 Å². The van der Waals surface area contributed by atoms with Crippen LogP contribution in [0.5, 0.6) is 0 Å². The summed E-state index contributed by atoms with van der Waals surface area (Å²) in [6.07, 6.45) is -7.21. The van der Waals surface area contributed by atoms with E-state index in [0.29, 0.717) is 43.1 Å². The smallest absolute Gasteiger partial charge is 0.297 e. The molecule has 0 radical (unpaired) electrons. The third kappa shape index (κ3) is 4.65. The molecule has 6 aromatic rings.